The number of aryl methyl sites for hydroxylation is 1. The lowest BCUT2D eigenvalue weighted by atomic mass is 10.00. The highest BCUT2D eigenvalue weighted by atomic mass is 35.5. The number of halogens is 1. The van der Waals surface area contributed by atoms with Crippen LogP contribution in [0.1, 0.15) is 16.7 Å². The molecule has 1 aliphatic rings. The summed E-state index contributed by atoms with van der Waals surface area (Å²) >= 11 is 6.00. The number of β-amino-alcohol motifs (C(OH)–C–C–N with tert-alkyl or cyclic N) is 1. The van der Waals surface area contributed by atoms with Crippen molar-refractivity contribution in [2.45, 2.75) is 26.0 Å². The lowest BCUT2D eigenvalue weighted by Crippen LogP contribution is -2.38. The van der Waals surface area contributed by atoms with Crippen molar-refractivity contribution in [1.29, 1.82) is 0 Å². The van der Waals surface area contributed by atoms with Gasteiger partial charge in [0.1, 0.15) is 18.5 Å². The van der Waals surface area contributed by atoms with Crippen LogP contribution in [0.15, 0.2) is 42.5 Å². The molecule has 0 aromatic heterocycles. The standard InChI is InChI=1S/C19H22ClNO2/c1-14-10-18(6-7-19(14)20)23-13-17(22)12-21-9-8-15-4-2-3-5-16(15)11-21/h2-7,10,17,22H,8-9,11-13H2,1H3/t17-/m1/s1. The second-order valence-corrected chi connectivity index (χ2v) is 6.54. The van der Waals surface area contributed by atoms with Gasteiger partial charge < -0.3 is 9.84 Å². The second kappa shape index (κ2) is 7.35. The maximum atomic E-state index is 10.2. The van der Waals surface area contributed by atoms with Crippen molar-refractivity contribution in [3.8, 4) is 5.75 Å². The third-order valence-electron chi connectivity index (χ3n) is 4.25. The van der Waals surface area contributed by atoms with Crippen molar-refractivity contribution < 1.29 is 9.84 Å². The molecule has 23 heavy (non-hydrogen) atoms. The van der Waals surface area contributed by atoms with Gasteiger partial charge in [-0.05, 0) is 48.2 Å². The van der Waals surface area contributed by atoms with Crippen molar-refractivity contribution in [3.05, 3.63) is 64.2 Å². The number of hydrogen-bond acceptors (Lipinski definition) is 3. The summed E-state index contributed by atoms with van der Waals surface area (Å²) in [6, 6.07) is 14.1. The van der Waals surface area contributed by atoms with Crippen LogP contribution in [0.4, 0.5) is 0 Å². The minimum absolute atomic E-state index is 0.291. The van der Waals surface area contributed by atoms with Gasteiger partial charge in [0, 0.05) is 24.7 Å². The van der Waals surface area contributed by atoms with Crippen LogP contribution in [0.2, 0.25) is 5.02 Å². The van der Waals surface area contributed by atoms with E-state index < -0.39 is 6.10 Å². The van der Waals surface area contributed by atoms with Gasteiger partial charge in [-0.2, -0.15) is 0 Å². The summed E-state index contributed by atoms with van der Waals surface area (Å²) in [6.45, 7) is 4.73. The third-order valence-corrected chi connectivity index (χ3v) is 4.67. The van der Waals surface area contributed by atoms with E-state index in [2.05, 4.69) is 29.2 Å². The van der Waals surface area contributed by atoms with E-state index in [1.54, 1.807) is 0 Å². The third kappa shape index (κ3) is 4.25. The lowest BCUT2D eigenvalue weighted by molar-refractivity contribution is 0.0637. The number of rotatable bonds is 5. The number of hydrogen-bond donors (Lipinski definition) is 1. The van der Waals surface area contributed by atoms with Crippen molar-refractivity contribution in [1.82, 2.24) is 4.90 Å². The number of benzene rings is 2. The maximum absolute atomic E-state index is 10.2. The molecule has 2 aromatic rings. The van der Waals surface area contributed by atoms with Gasteiger partial charge in [-0.1, -0.05) is 35.9 Å². The van der Waals surface area contributed by atoms with Gasteiger partial charge >= 0.3 is 0 Å². The summed E-state index contributed by atoms with van der Waals surface area (Å²) < 4.78 is 5.68. The molecule has 3 nitrogen and oxygen atoms in total. The largest absolute Gasteiger partial charge is 0.491 e. The zero-order chi connectivity index (χ0) is 16.2. The lowest BCUT2D eigenvalue weighted by Gasteiger charge is -2.30. The van der Waals surface area contributed by atoms with Crippen molar-refractivity contribution in [3.63, 3.8) is 0 Å². The van der Waals surface area contributed by atoms with E-state index in [-0.39, 0.29) is 0 Å². The van der Waals surface area contributed by atoms with Gasteiger partial charge in [-0.15, -0.1) is 0 Å². The maximum Gasteiger partial charge on any atom is 0.119 e. The molecule has 1 atom stereocenters. The van der Waals surface area contributed by atoms with Crippen LogP contribution in [-0.4, -0.2) is 35.8 Å². The monoisotopic (exact) mass is 331 g/mol. The Kier molecular flexibility index (Phi) is 5.21. The zero-order valence-corrected chi connectivity index (χ0v) is 14.1. The fourth-order valence-corrected chi connectivity index (χ4v) is 3.08. The number of aliphatic hydroxyl groups excluding tert-OH is 1. The average molecular weight is 332 g/mol. The molecule has 0 amide bonds. The summed E-state index contributed by atoms with van der Waals surface area (Å²) in [5.41, 5.74) is 3.76. The topological polar surface area (TPSA) is 32.7 Å². The highest BCUT2D eigenvalue weighted by Gasteiger charge is 2.18. The average Bonchev–Trinajstić information content (AvgIpc) is 2.56. The Morgan fingerprint density at radius 3 is 2.78 bits per heavy atom. The first kappa shape index (κ1) is 16.3. The molecule has 0 fully saturated rings. The SMILES string of the molecule is Cc1cc(OC[C@H](O)CN2CCc3ccccc3C2)ccc1Cl. The summed E-state index contributed by atoms with van der Waals surface area (Å²) in [5, 5.41) is 11.0. The van der Waals surface area contributed by atoms with E-state index in [1.165, 1.54) is 11.1 Å². The Morgan fingerprint density at radius 2 is 2.00 bits per heavy atom. The van der Waals surface area contributed by atoms with Crippen LogP contribution in [0, 0.1) is 6.92 Å². The molecule has 1 N–H and O–H groups in total. The summed E-state index contributed by atoms with van der Waals surface area (Å²) in [6.07, 6.45) is 0.538. The van der Waals surface area contributed by atoms with Gasteiger partial charge in [-0.3, -0.25) is 4.90 Å². The molecule has 0 aliphatic carbocycles. The van der Waals surface area contributed by atoms with E-state index in [9.17, 15) is 5.11 Å². The Bertz CT molecular complexity index is 674. The number of nitrogens with zero attached hydrogens (tertiary/aromatic N) is 1. The van der Waals surface area contributed by atoms with Crippen molar-refractivity contribution >= 4 is 11.6 Å². The molecular formula is C19H22ClNO2. The minimum atomic E-state index is -0.503. The molecule has 0 unspecified atom stereocenters. The first-order chi connectivity index (χ1) is 11.1. The minimum Gasteiger partial charge on any atom is -0.491 e. The van der Waals surface area contributed by atoms with E-state index in [1.807, 2.05) is 25.1 Å². The van der Waals surface area contributed by atoms with Gasteiger partial charge in [0.15, 0.2) is 0 Å². The fraction of sp³-hybridized carbons (Fsp3) is 0.368. The quantitative estimate of drug-likeness (QED) is 0.911. The zero-order valence-electron chi connectivity index (χ0n) is 13.3. The summed E-state index contributed by atoms with van der Waals surface area (Å²) in [4.78, 5) is 2.28. The van der Waals surface area contributed by atoms with Gasteiger partial charge in [-0.25, -0.2) is 0 Å². The summed E-state index contributed by atoms with van der Waals surface area (Å²) in [5.74, 6) is 0.745. The predicted molar refractivity (Wildman–Crippen MR) is 93.1 cm³/mol. The molecule has 0 saturated carbocycles. The first-order valence-electron chi connectivity index (χ1n) is 7.98. The number of aliphatic hydroxyl groups is 1. The second-order valence-electron chi connectivity index (χ2n) is 6.13. The van der Waals surface area contributed by atoms with Crippen LogP contribution < -0.4 is 4.74 Å². The van der Waals surface area contributed by atoms with Crippen LogP contribution >= 0.6 is 11.6 Å². The number of ether oxygens (including phenoxy) is 1. The molecule has 0 saturated heterocycles. The highest BCUT2D eigenvalue weighted by Crippen LogP contribution is 2.22. The van der Waals surface area contributed by atoms with Gasteiger partial charge in [0.2, 0.25) is 0 Å². The molecule has 4 heteroatoms. The Morgan fingerprint density at radius 1 is 1.22 bits per heavy atom. The molecule has 1 heterocycles. The van der Waals surface area contributed by atoms with E-state index in [4.69, 9.17) is 16.3 Å². The van der Waals surface area contributed by atoms with Crippen LogP contribution in [0.5, 0.6) is 5.75 Å². The molecule has 122 valence electrons. The molecule has 0 radical (unpaired) electrons. The Balaban J connectivity index is 1.50. The van der Waals surface area contributed by atoms with Crippen molar-refractivity contribution in [2.24, 2.45) is 0 Å². The van der Waals surface area contributed by atoms with Gasteiger partial charge in [0.05, 0.1) is 0 Å². The highest BCUT2D eigenvalue weighted by molar-refractivity contribution is 6.31. The van der Waals surface area contributed by atoms with E-state index in [0.717, 1.165) is 35.8 Å². The Labute approximate surface area is 142 Å². The molecule has 1 aliphatic heterocycles. The van der Waals surface area contributed by atoms with E-state index in [0.29, 0.717) is 13.2 Å². The normalized spacial score (nSPS) is 16.0. The molecule has 0 spiro atoms. The smallest absolute Gasteiger partial charge is 0.119 e. The number of fused-ring (bicyclic) bond motifs is 1. The molecule has 3 rings (SSSR count). The summed E-state index contributed by atoms with van der Waals surface area (Å²) in [7, 11) is 0. The van der Waals surface area contributed by atoms with Crippen LogP contribution in [0.3, 0.4) is 0 Å². The van der Waals surface area contributed by atoms with E-state index >= 15 is 0 Å². The van der Waals surface area contributed by atoms with Crippen LogP contribution in [0.25, 0.3) is 0 Å². The first-order valence-corrected chi connectivity index (χ1v) is 8.36. The fourth-order valence-electron chi connectivity index (χ4n) is 2.96. The van der Waals surface area contributed by atoms with Crippen molar-refractivity contribution in [2.75, 3.05) is 19.7 Å². The Hall–Kier alpha value is -1.55. The molecular weight excluding hydrogens is 310 g/mol. The predicted octanol–water partition coefficient (Wildman–Crippen LogP) is 3.45. The van der Waals surface area contributed by atoms with Gasteiger partial charge in [0.25, 0.3) is 0 Å². The molecule has 0 bridgehead atoms. The molecule has 2 aromatic carbocycles. The van der Waals surface area contributed by atoms with Crippen LogP contribution in [-0.2, 0) is 13.0 Å².